The molecule has 28 heavy (non-hydrogen) atoms. The molecule has 0 radical (unpaired) electrons. The van der Waals surface area contributed by atoms with E-state index in [-0.39, 0.29) is 33.7 Å². The van der Waals surface area contributed by atoms with Gasteiger partial charge in [-0.3, -0.25) is 20.0 Å². The van der Waals surface area contributed by atoms with Crippen LogP contribution in [0, 0.1) is 29.8 Å². The first-order valence-corrected chi connectivity index (χ1v) is 9.20. The molecular formula is C18H16FN5O3S. The fourth-order valence-electron chi connectivity index (χ4n) is 2.50. The molecule has 0 fully saturated rings. The van der Waals surface area contributed by atoms with E-state index in [4.69, 9.17) is 0 Å². The number of halogens is 1. The number of thioether (sulfide) groups is 1. The second kappa shape index (κ2) is 8.17. The lowest BCUT2D eigenvalue weighted by atomic mass is 10.1. The Kier molecular flexibility index (Phi) is 5.69. The van der Waals surface area contributed by atoms with Gasteiger partial charge in [0.05, 0.1) is 16.2 Å². The average Bonchev–Trinajstić information content (AvgIpc) is 3.13. The molecule has 0 saturated heterocycles. The van der Waals surface area contributed by atoms with E-state index in [1.165, 1.54) is 12.1 Å². The number of hydrogen-bond acceptors (Lipinski definition) is 6. The van der Waals surface area contributed by atoms with Gasteiger partial charge in [0.2, 0.25) is 11.1 Å². The van der Waals surface area contributed by atoms with Crippen molar-refractivity contribution in [1.29, 1.82) is 0 Å². The van der Waals surface area contributed by atoms with Crippen LogP contribution in [-0.4, -0.2) is 31.8 Å². The van der Waals surface area contributed by atoms with E-state index in [0.29, 0.717) is 5.56 Å². The highest BCUT2D eigenvalue weighted by Crippen LogP contribution is 2.30. The Balaban J connectivity index is 1.69. The van der Waals surface area contributed by atoms with E-state index < -0.39 is 16.6 Å². The molecule has 0 aliphatic heterocycles. The first kappa shape index (κ1) is 19.5. The smallest absolute Gasteiger partial charge is 0.293 e. The van der Waals surface area contributed by atoms with Gasteiger partial charge in [-0.1, -0.05) is 30.0 Å². The molecular weight excluding hydrogens is 385 g/mol. The maximum absolute atomic E-state index is 13.8. The number of nitro groups is 1. The Morgan fingerprint density at radius 2 is 2.04 bits per heavy atom. The van der Waals surface area contributed by atoms with E-state index in [0.717, 1.165) is 17.3 Å². The number of hydrogen-bond donors (Lipinski definition) is 2. The zero-order valence-electron chi connectivity index (χ0n) is 15.0. The molecule has 1 heterocycles. The summed E-state index contributed by atoms with van der Waals surface area (Å²) in [5.74, 6) is -0.667. The third kappa shape index (κ3) is 4.17. The number of amides is 1. The van der Waals surface area contributed by atoms with Gasteiger partial charge in [-0.25, -0.2) is 9.37 Å². The van der Waals surface area contributed by atoms with Crippen molar-refractivity contribution in [2.45, 2.75) is 19.0 Å². The van der Waals surface area contributed by atoms with Crippen molar-refractivity contribution in [2.24, 2.45) is 0 Å². The third-order valence-corrected chi connectivity index (χ3v) is 4.95. The quantitative estimate of drug-likeness (QED) is 0.368. The summed E-state index contributed by atoms with van der Waals surface area (Å²) in [4.78, 5) is 27.1. The Hall–Kier alpha value is -3.27. The highest BCUT2D eigenvalue weighted by atomic mass is 32.2. The number of carbonyl (C=O) groups excluding carboxylic acids is 1. The number of anilines is 1. The minimum atomic E-state index is -0.537. The zero-order valence-corrected chi connectivity index (χ0v) is 15.8. The molecule has 3 rings (SSSR count). The standard InChI is InChI=1S/C18H16FN5O3S/c1-10-7-8-14(24(26)27)16(11(10)2)20-15(25)9-28-18-21-17(22-23-18)12-5-3-4-6-13(12)19/h3-8H,9H2,1-2H3,(H,20,25)(H,21,22,23). The van der Waals surface area contributed by atoms with Crippen LogP contribution in [0.3, 0.4) is 0 Å². The Morgan fingerprint density at radius 1 is 1.29 bits per heavy atom. The number of H-pyrrole nitrogens is 1. The fourth-order valence-corrected chi connectivity index (χ4v) is 3.10. The zero-order chi connectivity index (χ0) is 20.3. The Bertz CT molecular complexity index is 1050. The van der Waals surface area contributed by atoms with Crippen LogP contribution in [0.25, 0.3) is 11.4 Å². The van der Waals surface area contributed by atoms with Crippen LogP contribution in [0.2, 0.25) is 0 Å². The lowest BCUT2D eigenvalue weighted by molar-refractivity contribution is -0.384. The molecule has 8 nitrogen and oxygen atoms in total. The van der Waals surface area contributed by atoms with Crippen molar-refractivity contribution >= 4 is 29.0 Å². The van der Waals surface area contributed by atoms with Crippen LogP contribution in [-0.2, 0) is 4.79 Å². The molecule has 0 aliphatic rings. The summed E-state index contributed by atoms with van der Waals surface area (Å²) in [7, 11) is 0. The minimum Gasteiger partial charge on any atom is -0.319 e. The van der Waals surface area contributed by atoms with Crippen molar-refractivity contribution in [2.75, 3.05) is 11.1 Å². The van der Waals surface area contributed by atoms with Gasteiger partial charge in [-0.05, 0) is 37.1 Å². The van der Waals surface area contributed by atoms with E-state index in [2.05, 4.69) is 20.5 Å². The molecule has 2 aromatic carbocycles. The summed E-state index contributed by atoms with van der Waals surface area (Å²) in [6.07, 6.45) is 0. The number of nitro benzene ring substituents is 1. The third-order valence-electron chi connectivity index (χ3n) is 4.10. The summed E-state index contributed by atoms with van der Waals surface area (Å²) in [6, 6.07) is 9.13. The second-order valence-electron chi connectivity index (χ2n) is 5.94. The maximum Gasteiger partial charge on any atom is 0.293 e. The highest BCUT2D eigenvalue weighted by molar-refractivity contribution is 7.99. The largest absolute Gasteiger partial charge is 0.319 e. The first-order valence-electron chi connectivity index (χ1n) is 8.21. The van der Waals surface area contributed by atoms with E-state index in [9.17, 15) is 19.3 Å². The van der Waals surface area contributed by atoms with E-state index >= 15 is 0 Å². The van der Waals surface area contributed by atoms with Crippen molar-refractivity contribution < 1.29 is 14.1 Å². The molecule has 0 spiro atoms. The molecule has 1 amide bonds. The lowest BCUT2D eigenvalue weighted by Gasteiger charge is -2.10. The molecule has 0 unspecified atom stereocenters. The van der Waals surface area contributed by atoms with Crippen LogP contribution in [0.15, 0.2) is 41.6 Å². The molecule has 3 aromatic rings. The number of nitrogens with zero attached hydrogens (tertiary/aromatic N) is 3. The molecule has 0 atom stereocenters. The Morgan fingerprint density at radius 3 is 2.75 bits per heavy atom. The normalized spacial score (nSPS) is 10.7. The van der Waals surface area contributed by atoms with Crippen LogP contribution >= 0.6 is 11.8 Å². The Labute approximate surface area is 163 Å². The molecule has 10 heteroatoms. The van der Waals surface area contributed by atoms with Crippen LogP contribution in [0.5, 0.6) is 0 Å². The van der Waals surface area contributed by atoms with E-state index in [1.807, 2.05) is 0 Å². The number of nitrogens with one attached hydrogen (secondary N) is 2. The van der Waals surface area contributed by atoms with Gasteiger partial charge in [0.1, 0.15) is 11.5 Å². The van der Waals surface area contributed by atoms with E-state index in [1.54, 1.807) is 38.1 Å². The number of aryl methyl sites for hydroxylation is 1. The number of carbonyl (C=O) groups is 1. The predicted octanol–water partition coefficient (Wildman–Crippen LogP) is 3.87. The fraction of sp³-hybridized carbons (Fsp3) is 0.167. The first-order chi connectivity index (χ1) is 13.4. The lowest BCUT2D eigenvalue weighted by Crippen LogP contribution is -2.16. The molecule has 144 valence electrons. The summed E-state index contributed by atoms with van der Waals surface area (Å²) in [5.41, 5.74) is 1.75. The van der Waals surface area contributed by atoms with Gasteiger partial charge >= 0.3 is 0 Å². The van der Waals surface area contributed by atoms with Crippen LogP contribution in [0.4, 0.5) is 15.8 Å². The summed E-state index contributed by atoms with van der Waals surface area (Å²) >= 11 is 1.04. The van der Waals surface area contributed by atoms with Crippen molar-refractivity contribution in [3.63, 3.8) is 0 Å². The van der Waals surface area contributed by atoms with Crippen LogP contribution in [0.1, 0.15) is 11.1 Å². The van der Waals surface area contributed by atoms with Crippen molar-refractivity contribution in [1.82, 2.24) is 15.2 Å². The molecule has 0 saturated carbocycles. The topological polar surface area (TPSA) is 114 Å². The minimum absolute atomic E-state index is 0.0564. The number of aromatic nitrogens is 3. The van der Waals surface area contributed by atoms with Gasteiger partial charge in [0, 0.05) is 6.07 Å². The number of rotatable bonds is 6. The van der Waals surface area contributed by atoms with Crippen molar-refractivity contribution in [3.05, 3.63) is 63.5 Å². The molecule has 1 aromatic heterocycles. The van der Waals surface area contributed by atoms with Gasteiger partial charge in [0.15, 0.2) is 5.82 Å². The average molecular weight is 401 g/mol. The van der Waals surface area contributed by atoms with Crippen molar-refractivity contribution in [3.8, 4) is 11.4 Å². The molecule has 0 bridgehead atoms. The monoisotopic (exact) mass is 401 g/mol. The van der Waals surface area contributed by atoms with Crippen LogP contribution < -0.4 is 5.32 Å². The van der Waals surface area contributed by atoms with Gasteiger partial charge in [-0.15, -0.1) is 5.10 Å². The predicted molar refractivity (Wildman–Crippen MR) is 104 cm³/mol. The SMILES string of the molecule is Cc1ccc([N+](=O)[O-])c(NC(=O)CSc2n[nH]c(-c3ccccc3F)n2)c1C. The summed E-state index contributed by atoms with van der Waals surface area (Å²) in [6.45, 7) is 3.52. The number of benzene rings is 2. The van der Waals surface area contributed by atoms with Gasteiger partial charge < -0.3 is 5.32 Å². The number of aromatic amines is 1. The maximum atomic E-state index is 13.8. The molecule has 0 aliphatic carbocycles. The van der Waals surface area contributed by atoms with Gasteiger partial charge in [-0.2, -0.15) is 0 Å². The van der Waals surface area contributed by atoms with Gasteiger partial charge in [0.25, 0.3) is 5.69 Å². The second-order valence-corrected chi connectivity index (χ2v) is 6.88. The molecule has 2 N–H and O–H groups in total. The summed E-state index contributed by atoms with van der Waals surface area (Å²) in [5, 5.41) is 20.7. The highest BCUT2D eigenvalue weighted by Gasteiger charge is 2.20. The summed E-state index contributed by atoms with van der Waals surface area (Å²) < 4.78 is 13.8.